The highest BCUT2D eigenvalue weighted by atomic mass is 16.5. The van der Waals surface area contributed by atoms with Crippen molar-refractivity contribution in [1.29, 1.82) is 0 Å². The van der Waals surface area contributed by atoms with Crippen LogP contribution in [0, 0.1) is 0 Å². The van der Waals surface area contributed by atoms with Crippen molar-refractivity contribution in [2.75, 3.05) is 18.5 Å². The summed E-state index contributed by atoms with van der Waals surface area (Å²) in [4.78, 5) is 21.9. The summed E-state index contributed by atoms with van der Waals surface area (Å²) in [7, 11) is 0. The third kappa shape index (κ3) is 5.31. The van der Waals surface area contributed by atoms with Gasteiger partial charge in [0.05, 0.1) is 0 Å². The zero-order chi connectivity index (χ0) is 13.4. The lowest BCUT2D eigenvalue weighted by Gasteiger charge is -2.07. The molecule has 0 aliphatic rings. The summed E-state index contributed by atoms with van der Waals surface area (Å²) in [6.07, 6.45) is 1.06. The molecule has 98 valence electrons. The van der Waals surface area contributed by atoms with Gasteiger partial charge in [-0.05, 0) is 37.2 Å². The Bertz CT molecular complexity index is 404. The summed E-state index contributed by atoms with van der Waals surface area (Å²) in [5.41, 5.74) is 10.9. The number of hydrogen-bond donors (Lipinski definition) is 3. The van der Waals surface area contributed by atoms with E-state index in [0.29, 0.717) is 30.8 Å². The normalized spacial score (nSPS) is 9.83. The maximum atomic E-state index is 11.4. The summed E-state index contributed by atoms with van der Waals surface area (Å²) in [6.45, 7) is 0.329. The number of carbonyl (C=O) groups is 2. The minimum atomic E-state index is -0.533. The molecule has 0 atom stereocenters. The van der Waals surface area contributed by atoms with E-state index < -0.39 is 5.91 Å². The molecule has 0 radical (unpaired) electrons. The van der Waals surface area contributed by atoms with Gasteiger partial charge in [0.15, 0.2) is 6.61 Å². The van der Waals surface area contributed by atoms with Gasteiger partial charge >= 0.3 is 0 Å². The highest BCUT2D eigenvalue weighted by molar-refractivity contribution is 5.90. The van der Waals surface area contributed by atoms with Crippen LogP contribution in [0.2, 0.25) is 0 Å². The van der Waals surface area contributed by atoms with Gasteiger partial charge in [0, 0.05) is 12.1 Å². The molecule has 1 rings (SSSR count). The van der Waals surface area contributed by atoms with Crippen molar-refractivity contribution in [2.45, 2.75) is 12.8 Å². The van der Waals surface area contributed by atoms with Crippen molar-refractivity contribution in [3.05, 3.63) is 24.3 Å². The van der Waals surface area contributed by atoms with Gasteiger partial charge in [0.2, 0.25) is 5.91 Å². The van der Waals surface area contributed by atoms with Crippen molar-refractivity contribution in [1.82, 2.24) is 0 Å². The molecular weight excluding hydrogens is 234 g/mol. The Morgan fingerprint density at radius 3 is 2.44 bits per heavy atom. The Labute approximate surface area is 105 Å². The monoisotopic (exact) mass is 251 g/mol. The van der Waals surface area contributed by atoms with E-state index in [4.69, 9.17) is 16.2 Å². The topological polar surface area (TPSA) is 107 Å². The number of hydrogen-bond acceptors (Lipinski definition) is 4. The van der Waals surface area contributed by atoms with E-state index in [0.717, 1.165) is 0 Å². The summed E-state index contributed by atoms with van der Waals surface area (Å²) in [5, 5.41) is 2.73. The molecule has 0 heterocycles. The fourth-order valence-corrected chi connectivity index (χ4v) is 1.28. The van der Waals surface area contributed by atoms with E-state index in [1.54, 1.807) is 24.3 Å². The molecule has 0 fully saturated rings. The second-order valence-electron chi connectivity index (χ2n) is 3.72. The molecule has 18 heavy (non-hydrogen) atoms. The quantitative estimate of drug-likeness (QED) is 0.644. The van der Waals surface area contributed by atoms with Gasteiger partial charge in [-0.2, -0.15) is 0 Å². The summed E-state index contributed by atoms with van der Waals surface area (Å²) >= 11 is 0. The molecule has 0 aromatic heterocycles. The van der Waals surface area contributed by atoms with Crippen molar-refractivity contribution < 1.29 is 14.3 Å². The molecule has 0 bridgehead atoms. The number of primary amides is 1. The molecule has 0 aliphatic heterocycles. The van der Waals surface area contributed by atoms with Gasteiger partial charge in [-0.3, -0.25) is 9.59 Å². The van der Waals surface area contributed by atoms with Gasteiger partial charge in [0.25, 0.3) is 5.91 Å². The van der Waals surface area contributed by atoms with Crippen LogP contribution in [0.1, 0.15) is 12.8 Å². The summed E-state index contributed by atoms with van der Waals surface area (Å²) in [6, 6.07) is 6.69. The zero-order valence-electron chi connectivity index (χ0n) is 10.0. The van der Waals surface area contributed by atoms with Gasteiger partial charge < -0.3 is 21.5 Å². The van der Waals surface area contributed by atoms with Crippen LogP contribution in [0.15, 0.2) is 24.3 Å². The number of ether oxygens (including phenoxy) is 1. The van der Waals surface area contributed by atoms with Crippen LogP contribution in [0.25, 0.3) is 0 Å². The molecule has 0 aliphatic carbocycles. The Morgan fingerprint density at radius 2 is 1.89 bits per heavy atom. The molecule has 6 nitrogen and oxygen atoms in total. The van der Waals surface area contributed by atoms with Gasteiger partial charge in [-0.1, -0.05) is 0 Å². The first kappa shape index (κ1) is 14.0. The van der Waals surface area contributed by atoms with Crippen LogP contribution in [0.3, 0.4) is 0 Å². The van der Waals surface area contributed by atoms with Gasteiger partial charge in [0.1, 0.15) is 5.75 Å². The fraction of sp³-hybridized carbons (Fsp3) is 0.333. The third-order valence-electron chi connectivity index (χ3n) is 2.13. The number of benzene rings is 1. The third-order valence-corrected chi connectivity index (χ3v) is 2.13. The molecule has 0 unspecified atom stereocenters. The lowest BCUT2D eigenvalue weighted by atomic mass is 10.2. The number of nitrogens with two attached hydrogens (primary N) is 2. The average molecular weight is 251 g/mol. The summed E-state index contributed by atoms with van der Waals surface area (Å²) in [5.74, 6) is -0.0887. The van der Waals surface area contributed by atoms with Crippen molar-refractivity contribution >= 4 is 17.5 Å². The molecule has 0 spiro atoms. The lowest BCUT2D eigenvalue weighted by Crippen LogP contribution is -2.20. The smallest absolute Gasteiger partial charge is 0.255 e. The standard InChI is InChI=1S/C12H17N3O3/c13-7-1-2-12(17)15-9-3-5-10(6-4-9)18-8-11(14)16/h3-6H,1-2,7-8,13H2,(H2,14,16)(H,15,17). The van der Waals surface area contributed by atoms with E-state index in [9.17, 15) is 9.59 Å². The van der Waals surface area contributed by atoms with Crippen LogP contribution in [-0.4, -0.2) is 25.0 Å². The van der Waals surface area contributed by atoms with Gasteiger partial charge in [-0.15, -0.1) is 0 Å². The van der Waals surface area contributed by atoms with E-state index in [1.165, 1.54) is 0 Å². The van der Waals surface area contributed by atoms with Crippen molar-refractivity contribution in [3.63, 3.8) is 0 Å². The van der Waals surface area contributed by atoms with E-state index in [-0.39, 0.29) is 12.5 Å². The average Bonchev–Trinajstić information content (AvgIpc) is 2.35. The maximum Gasteiger partial charge on any atom is 0.255 e. The second kappa shape index (κ2) is 7.29. The zero-order valence-corrected chi connectivity index (χ0v) is 10.0. The Kier molecular flexibility index (Phi) is 5.66. The SMILES string of the molecule is NCCCC(=O)Nc1ccc(OCC(N)=O)cc1. The number of nitrogens with one attached hydrogen (secondary N) is 1. The number of anilines is 1. The molecular formula is C12H17N3O3. The van der Waals surface area contributed by atoms with Crippen LogP contribution in [0.4, 0.5) is 5.69 Å². The van der Waals surface area contributed by atoms with Crippen LogP contribution >= 0.6 is 0 Å². The molecule has 1 aromatic rings. The van der Waals surface area contributed by atoms with Crippen molar-refractivity contribution in [3.8, 4) is 5.75 Å². The lowest BCUT2D eigenvalue weighted by molar-refractivity contribution is -0.120. The summed E-state index contributed by atoms with van der Waals surface area (Å²) < 4.78 is 5.09. The Morgan fingerprint density at radius 1 is 1.22 bits per heavy atom. The first-order valence-electron chi connectivity index (χ1n) is 5.63. The maximum absolute atomic E-state index is 11.4. The largest absolute Gasteiger partial charge is 0.484 e. The minimum absolute atomic E-state index is 0.0775. The van der Waals surface area contributed by atoms with Crippen LogP contribution < -0.4 is 21.5 Å². The number of amides is 2. The van der Waals surface area contributed by atoms with Gasteiger partial charge in [-0.25, -0.2) is 0 Å². The second-order valence-corrected chi connectivity index (χ2v) is 3.72. The van der Waals surface area contributed by atoms with E-state index in [2.05, 4.69) is 5.32 Å². The molecule has 0 saturated carbocycles. The highest BCUT2D eigenvalue weighted by Gasteiger charge is 2.02. The molecule has 1 aromatic carbocycles. The minimum Gasteiger partial charge on any atom is -0.484 e. The van der Waals surface area contributed by atoms with Crippen molar-refractivity contribution in [2.24, 2.45) is 11.5 Å². The van der Waals surface area contributed by atoms with Crippen LogP contribution in [-0.2, 0) is 9.59 Å². The molecule has 2 amide bonds. The Balaban J connectivity index is 2.44. The first-order chi connectivity index (χ1) is 8.61. The fourth-order valence-electron chi connectivity index (χ4n) is 1.28. The van der Waals surface area contributed by atoms with E-state index in [1.807, 2.05) is 0 Å². The predicted octanol–water partition coefficient (Wildman–Crippen LogP) is 0.228. The predicted molar refractivity (Wildman–Crippen MR) is 68.0 cm³/mol. The molecule has 5 N–H and O–H groups in total. The molecule has 6 heteroatoms. The number of carbonyl (C=O) groups excluding carboxylic acids is 2. The first-order valence-corrected chi connectivity index (χ1v) is 5.63. The van der Waals surface area contributed by atoms with E-state index >= 15 is 0 Å². The highest BCUT2D eigenvalue weighted by Crippen LogP contribution is 2.15. The number of rotatable bonds is 7. The van der Waals surface area contributed by atoms with Crippen LogP contribution in [0.5, 0.6) is 5.75 Å². The molecule has 0 saturated heterocycles. The Hall–Kier alpha value is -2.08.